The molecule has 5 nitrogen and oxygen atoms in total. The summed E-state index contributed by atoms with van der Waals surface area (Å²) in [5, 5.41) is 1.22. The highest BCUT2D eigenvalue weighted by atomic mass is 16.5. The van der Waals surface area contributed by atoms with Crippen LogP contribution in [0.15, 0.2) is 73.2 Å². The zero-order chi connectivity index (χ0) is 20.5. The number of hydrogen-bond donors (Lipinski definition) is 1. The van der Waals surface area contributed by atoms with Gasteiger partial charge in [0.05, 0.1) is 7.11 Å². The third-order valence-corrected chi connectivity index (χ3v) is 6.14. The van der Waals surface area contributed by atoms with E-state index in [2.05, 4.69) is 23.3 Å². The number of piperidine rings is 1. The summed E-state index contributed by atoms with van der Waals surface area (Å²) >= 11 is 0. The van der Waals surface area contributed by atoms with Crippen LogP contribution in [0.5, 0.6) is 5.75 Å². The van der Waals surface area contributed by atoms with Crippen LogP contribution < -0.4 is 4.74 Å². The maximum Gasteiger partial charge on any atom is 0.253 e. The molecule has 30 heavy (non-hydrogen) atoms. The van der Waals surface area contributed by atoms with Crippen molar-refractivity contribution < 1.29 is 9.53 Å². The van der Waals surface area contributed by atoms with Gasteiger partial charge in [0.2, 0.25) is 0 Å². The zero-order valence-corrected chi connectivity index (χ0v) is 17.0. The molecule has 3 heterocycles. The maximum atomic E-state index is 13.1. The summed E-state index contributed by atoms with van der Waals surface area (Å²) in [7, 11) is 1.70. The Kier molecular flexibility index (Phi) is 4.79. The molecule has 2 aromatic heterocycles. The number of fused-ring (bicyclic) bond motifs is 1. The van der Waals surface area contributed by atoms with Gasteiger partial charge < -0.3 is 19.2 Å². The fraction of sp³-hybridized carbons (Fsp3) is 0.240. The van der Waals surface area contributed by atoms with E-state index in [1.807, 2.05) is 64.3 Å². The van der Waals surface area contributed by atoms with Crippen LogP contribution in [-0.2, 0) is 0 Å². The average Bonchev–Trinajstić information content (AvgIpc) is 3.49. The van der Waals surface area contributed by atoms with Crippen molar-refractivity contribution in [3.63, 3.8) is 0 Å². The first-order valence-corrected chi connectivity index (χ1v) is 10.4. The van der Waals surface area contributed by atoms with Crippen molar-refractivity contribution in [1.82, 2.24) is 14.5 Å². The van der Waals surface area contributed by atoms with E-state index in [9.17, 15) is 4.79 Å². The Morgan fingerprint density at radius 3 is 2.60 bits per heavy atom. The second-order valence-electron chi connectivity index (χ2n) is 7.86. The molecule has 2 aromatic carbocycles. The third kappa shape index (κ3) is 3.36. The normalized spacial score (nSPS) is 14.9. The quantitative estimate of drug-likeness (QED) is 0.526. The Morgan fingerprint density at radius 2 is 1.83 bits per heavy atom. The first kappa shape index (κ1) is 18.6. The molecule has 5 heteroatoms. The van der Waals surface area contributed by atoms with E-state index in [0.717, 1.165) is 48.4 Å². The van der Waals surface area contributed by atoms with Crippen molar-refractivity contribution in [3.8, 4) is 11.4 Å². The molecule has 0 radical (unpaired) electrons. The van der Waals surface area contributed by atoms with Crippen molar-refractivity contribution >= 4 is 16.8 Å². The first-order chi connectivity index (χ1) is 14.7. The van der Waals surface area contributed by atoms with Gasteiger partial charge in [-0.05, 0) is 72.9 Å². The van der Waals surface area contributed by atoms with E-state index >= 15 is 0 Å². The number of methoxy groups -OCH3 is 1. The topological polar surface area (TPSA) is 50.3 Å². The molecule has 0 unspecified atom stereocenters. The Balaban J connectivity index is 1.31. The second-order valence-corrected chi connectivity index (χ2v) is 7.86. The molecule has 1 fully saturated rings. The lowest BCUT2D eigenvalue weighted by molar-refractivity contribution is 0.0713. The van der Waals surface area contributed by atoms with Gasteiger partial charge in [-0.15, -0.1) is 0 Å². The molecular formula is C25H25N3O2. The fourth-order valence-electron chi connectivity index (χ4n) is 4.47. The summed E-state index contributed by atoms with van der Waals surface area (Å²) in [4.78, 5) is 18.5. The minimum absolute atomic E-state index is 0.114. The van der Waals surface area contributed by atoms with E-state index in [0.29, 0.717) is 5.92 Å². The number of likely N-dealkylation sites (tertiary alicyclic amines) is 1. The number of hydrogen-bond acceptors (Lipinski definition) is 2. The Labute approximate surface area is 175 Å². The number of rotatable bonds is 4. The number of carbonyl (C=O) groups is 1. The lowest BCUT2D eigenvalue weighted by Gasteiger charge is -2.32. The second kappa shape index (κ2) is 7.75. The minimum Gasteiger partial charge on any atom is -0.497 e. The molecule has 152 valence electrons. The predicted molar refractivity (Wildman–Crippen MR) is 118 cm³/mol. The lowest BCUT2D eigenvalue weighted by atomic mass is 9.89. The van der Waals surface area contributed by atoms with Gasteiger partial charge in [-0.2, -0.15) is 0 Å². The average molecular weight is 399 g/mol. The lowest BCUT2D eigenvalue weighted by Crippen LogP contribution is -2.37. The number of nitrogens with zero attached hydrogens (tertiary/aromatic N) is 2. The molecule has 1 N–H and O–H groups in total. The number of carbonyl (C=O) groups excluding carboxylic acids is 1. The SMILES string of the molecule is COc1ccc2[nH]cc(C3CCN(C(=O)c4cccc(-n5cccc5)c4)CC3)c2c1. The van der Waals surface area contributed by atoms with Crippen molar-refractivity contribution in [2.45, 2.75) is 18.8 Å². The van der Waals surface area contributed by atoms with Gasteiger partial charge in [-0.3, -0.25) is 4.79 Å². The monoisotopic (exact) mass is 399 g/mol. The van der Waals surface area contributed by atoms with Crippen LogP contribution >= 0.6 is 0 Å². The molecule has 0 aliphatic carbocycles. The first-order valence-electron chi connectivity index (χ1n) is 10.4. The van der Waals surface area contributed by atoms with Crippen LogP contribution in [0.1, 0.15) is 34.7 Å². The molecule has 0 atom stereocenters. The number of benzene rings is 2. The molecule has 0 bridgehead atoms. The largest absolute Gasteiger partial charge is 0.497 e. The Bertz CT molecular complexity index is 1170. The Morgan fingerprint density at radius 1 is 1.03 bits per heavy atom. The fourth-order valence-corrected chi connectivity index (χ4v) is 4.47. The van der Waals surface area contributed by atoms with Crippen LogP contribution in [0.25, 0.3) is 16.6 Å². The van der Waals surface area contributed by atoms with Crippen LogP contribution in [0, 0.1) is 0 Å². The van der Waals surface area contributed by atoms with Crippen LogP contribution in [-0.4, -0.2) is 40.6 Å². The summed E-state index contributed by atoms with van der Waals surface area (Å²) < 4.78 is 7.42. The van der Waals surface area contributed by atoms with E-state index in [4.69, 9.17) is 4.74 Å². The van der Waals surface area contributed by atoms with Crippen LogP contribution in [0.4, 0.5) is 0 Å². The van der Waals surface area contributed by atoms with Gasteiger partial charge >= 0.3 is 0 Å². The van der Waals surface area contributed by atoms with Crippen molar-refractivity contribution in [3.05, 3.63) is 84.3 Å². The standard InChI is InChI=1S/C25H25N3O2/c1-30-21-7-8-24-22(16-21)23(17-26-24)18-9-13-28(14-10-18)25(29)19-5-4-6-20(15-19)27-11-2-3-12-27/h2-8,11-12,15-18,26H,9-10,13-14H2,1H3. The number of ether oxygens (including phenoxy) is 1. The zero-order valence-electron chi connectivity index (χ0n) is 17.0. The van der Waals surface area contributed by atoms with Crippen LogP contribution in [0.3, 0.4) is 0 Å². The summed E-state index contributed by atoms with van der Waals surface area (Å²) in [6.07, 6.45) is 8.03. The van der Waals surface area contributed by atoms with E-state index in [-0.39, 0.29) is 5.91 Å². The summed E-state index contributed by atoms with van der Waals surface area (Å²) in [5.74, 6) is 1.43. The highest BCUT2D eigenvalue weighted by molar-refractivity contribution is 5.95. The predicted octanol–water partition coefficient (Wildman–Crippen LogP) is 4.99. The molecule has 1 saturated heterocycles. The number of amides is 1. The molecular weight excluding hydrogens is 374 g/mol. The van der Waals surface area contributed by atoms with Gasteiger partial charge in [-0.25, -0.2) is 0 Å². The van der Waals surface area contributed by atoms with Gasteiger partial charge in [-0.1, -0.05) is 6.07 Å². The van der Waals surface area contributed by atoms with Crippen molar-refractivity contribution in [2.24, 2.45) is 0 Å². The smallest absolute Gasteiger partial charge is 0.253 e. The molecule has 1 amide bonds. The number of aromatic nitrogens is 2. The van der Waals surface area contributed by atoms with Crippen LogP contribution in [0.2, 0.25) is 0 Å². The van der Waals surface area contributed by atoms with E-state index in [1.54, 1.807) is 7.11 Å². The van der Waals surface area contributed by atoms with Gasteiger partial charge in [0.1, 0.15) is 5.75 Å². The van der Waals surface area contributed by atoms with E-state index < -0.39 is 0 Å². The van der Waals surface area contributed by atoms with Gasteiger partial charge in [0.15, 0.2) is 0 Å². The summed E-state index contributed by atoms with van der Waals surface area (Å²) in [6.45, 7) is 1.54. The number of H-pyrrole nitrogens is 1. The number of aromatic amines is 1. The molecule has 4 aromatic rings. The molecule has 1 aliphatic heterocycles. The highest BCUT2D eigenvalue weighted by Crippen LogP contribution is 2.35. The van der Waals surface area contributed by atoms with Gasteiger partial charge in [0.25, 0.3) is 5.91 Å². The third-order valence-electron chi connectivity index (χ3n) is 6.14. The van der Waals surface area contributed by atoms with Crippen molar-refractivity contribution in [2.75, 3.05) is 20.2 Å². The van der Waals surface area contributed by atoms with Gasteiger partial charge in [0, 0.05) is 53.8 Å². The molecule has 0 saturated carbocycles. The summed E-state index contributed by atoms with van der Waals surface area (Å²) in [6, 6.07) is 18.0. The minimum atomic E-state index is 0.114. The molecule has 0 spiro atoms. The molecule has 5 rings (SSSR count). The summed E-state index contributed by atoms with van der Waals surface area (Å²) in [5.41, 5.74) is 4.21. The highest BCUT2D eigenvalue weighted by Gasteiger charge is 2.26. The maximum absolute atomic E-state index is 13.1. The Hall–Kier alpha value is -3.47. The van der Waals surface area contributed by atoms with Crippen molar-refractivity contribution in [1.29, 1.82) is 0 Å². The van der Waals surface area contributed by atoms with E-state index in [1.165, 1.54) is 10.9 Å². The number of nitrogens with one attached hydrogen (secondary N) is 1. The molecule has 1 aliphatic rings.